The summed E-state index contributed by atoms with van der Waals surface area (Å²) < 4.78 is 0. The number of nitrogens with zero attached hydrogens (tertiary/aromatic N) is 3. The predicted molar refractivity (Wildman–Crippen MR) is 115 cm³/mol. The van der Waals surface area contributed by atoms with Crippen LogP contribution in [0.1, 0.15) is 72.6 Å². The molecule has 4 rings (SSSR count). The van der Waals surface area contributed by atoms with Gasteiger partial charge in [-0.2, -0.15) is 0 Å². The summed E-state index contributed by atoms with van der Waals surface area (Å²) in [5.41, 5.74) is 1.42. The molecule has 1 aliphatic carbocycles. The summed E-state index contributed by atoms with van der Waals surface area (Å²) in [5.74, 6) is 1.83. The Hall–Kier alpha value is -0.120. The fraction of sp³-hybridized carbons (Fsp3) is 1.00. The van der Waals surface area contributed by atoms with Gasteiger partial charge in [0, 0.05) is 32.2 Å². The van der Waals surface area contributed by atoms with E-state index >= 15 is 0 Å². The molecule has 156 valence electrons. The molecule has 0 amide bonds. The molecular weight excluding hydrogens is 330 g/mol. The number of piperidine rings is 2. The molecule has 0 atom stereocenters. The first-order valence-electron chi connectivity index (χ1n) is 12.1. The minimum absolute atomic E-state index is 0.698. The van der Waals surface area contributed by atoms with E-state index in [0.717, 1.165) is 23.3 Å². The second kappa shape index (κ2) is 7.95. The number of likely N-dealkylation sites (tertiary alicyclic amines) is 3. The first-order chi connectivity index (χ1) is 12.9. The van der Waals surface area contributed by atoms with Gasteiger partial charge in [-0.05, 0) is 108 Å². The van der Waals surface area contributed by atoms with E-state index in [9.17, 15) is 0 Å². The summed E-state index contributed by atoms with van der Waals surface area (Å²) in [6.45, 7) is 20.5. The lowest BCUT2D eigenvalue weighted by atomic mass is 9.71. The third-order valence-corrected chi connectivity index (χ3v) is 8.29. The maximum absolute atomic E-state index is 2.82. The van der Waals surface area contributed by atoms with Crippen molar-refractivity contribution in [2.24, 2.45) is 22.7 Å². The maximum Gasteiger partial charge on any atom is 0.00516 e. The van der Waals surface area contributed by atoms with Crippen molar-refractivity contribution < 1.29 is 0 Å². The van der Waals surface area contributed by atoms with Gasteiger partial charge in [0.25, 0.3) is 0 Å². The lowest BCUT2D eigenvalue weighted by Gasteiger charge is -2.55. The molecule has 0 radical (unpaired) electrons. The number of hydrogen-bond donors (Lipinski definition) is 0. The third-order valence-electron chi connectivity index (χ3n) is 8.29. The van der Waals surface area contributed by atoms with Gasteiger partial charge in [0.1, 0.15) is 0 Å². The van der Waals surface area contributed by atoms with Crippen molar-refractivity contribution in [3.05, 3.63) is 0 Å². The summed E-state index contributed by atoms with van der Waals surface area (Å²) in [5, 5.41) is 0. The lowest BCUT2D eigenvalue weighted by molar-refractivity contribution is -0.0599. The molecule has 0 N–H and O–H groups in total. The van der Waals surface area contributed by atoms with Crippen molar-refractivity contribution in [1.82, 2.24) is 14.7 Å². The zero-order chi connectivity index (χ0) is 19.1. The van der Waals surface area contributed by atoms with Gasteiger partial charge in [0.05, 0.1) is 0 Å². The van der Waals surface area contributed by atoms with Crippen LogP contribution in [0, 0.1) is 22.7 Å². The molecule has 4 fully saturated rings. The van der Waals surface area contributed by atoms with E-state index < -0.39 is 0 Å². The van der Waals surface area contributed by atoms with E-state index in [1.807, 2.05) is 0 Å². The van der Waals surface area contributed by atoms with Gasteiger partial charge in [-0.25, -0.2) is 0 Å². The summed E-state index contributed by atoms with van der Waals surface area (Å²) in [7, 11) is 0. The quantitative estimate of drug-likeness (QED) is 0.656. The molecule has 3 heteroatoms. The van der Waals surface area contributed by atoms with Gasteiger partial charge in [-0.1, -0.05) is 13.8 Å². The van der Waals surface area contributed by atoms with Crippen LogP contribution in [0.15, 0.2) is 0 Å². The highest BCUT2D eigenvalue weighted by Crippen LogP contribution is 2.52. The van der Waals surface area contributed by atoms with Gasteiger partial charge >= 0.3 is 0 Å². The van der Waals surface area contributed by atoms with Crippen molar-refractivity contribution in [2.75, 3.05) is 52.4 Å². The minimum Gasteiger partial charge on any atom is -0.303 e. The van der Waals surface area contributed by atoms with Crippen LogP contribution in [-0.4, -0.2) is 73.1 Å². The Labute approximate surface area is 168 Å². The minimum atomic E-state index is 0.698. The van der Waals surface area contributed by atoms with Crippen LogP contribution < -0.4 is 0 Å². The Morgan fingerprint density at radius 1 is 0.815 bits per heavy atom. The van der Waals surface area contributed by atoms with E-state index in [1.54, 1.807) is 0 Å². The van der Waals surface area contributed by atoms with Crippen LogP contribution in [0.25, 0.3) is 0 Å². The maximum atomic E-state index is 2.82. The SMILES string of the molecule is CC(C)CC1(CN2CCC3(CC2)CN(CC2CCN(C(C)C)CC2)C3)CC1. The van der Waals surface area contributed by atoms with Crippen molar-refractivity contribution in [3.63, 3.8) is 0 Å². The molecule has 4 aliphatic rings. The molecule has 3 aliphatic heterocycles. The van der Waals surface area contributed by atoms with Gasteiger partial charge in [-0.15, -0.1) is 0 Å². The fourth-order valence-corrected chi connectivity index (χ4v) is 6.49. The van der Waals surface area contributed by atoms with Crippen molar-refractivity contribution in [2.45, 2.75) is 78.7 Å². The van der Waals surface area contributed by atoms with Crippen LogP contribution in [0.3, 0.4) is 0 Å². The van der Waals surface area contributed by atoms with Crippen molar-refractivity contribution in [3.8, 4) is 0 Å². The van der Waals surface area contributed by atoms with Gasteiger partial charge < -0.3 is 14.7 Å². The number of hydrogen-bond acceptors (Lipinski definition) is 3. The fourth-order valence-electron chi connectivity index (χ4n) is 6.49. The largest absolute Gasteiger partial charge is 0.303 e. The van der Waals surface area contributed by atoms with E-state index in [2.05, 4.69) is 42.4 Å². The Kier molecular flexibility index (Phi) is 5.94. The monoisotopic (exact) mass is 375 g/mol. The third kappa shape index (κ3) is 4.90. The molecule has 3 saturated heterocycles. The normalized spacial score (nSPS) is 29.6. The van der Waals surface area contributed by atoms with E-state index in [1.165, 1.54) is 97.3 Å². The molecule has 27 heavy (non-hydrogen) atoms. The molecule has 0 aromatic rings. The van der Waals surface area contributed by atoms with Crippen LogP contribution in [0.2, 0.25) is 0 Å². The Morgan fingerprint density at radius 2 is 1.44 bits per heavy atom. The summed E-state index contributed by atoms with van der Waals surface area (Å²) in [4.78, 5) is 8.28. The average Bonchev–Trinajstić information content (AvgIpc) is 3.34. The zero-order valence-electron chi connectivity index (χ0n) is 18.7. The first-order valence-corrected chi connectivity index (χ1v) is 12.1. The zero-order valence-corrected chi connectivity index (χ0v) is 18.7. The second-order valence-corrected chi connectivity index (χ2v) is 11.6. The standard InChI is InChI=1S/C24H45N3/c1-20(2)15-23(7-8-23)17-25-13-9-24(10-14-25)18-26(19-24)16-22-5-11-27(12-6-22)21(3)4/h20-22H,5-19H2,1-4H3. The molecule has 0 bridgehead atoms. The molecule has 0 aromatic heterocycles. The van der Waals surface area contributed by atoms with E-state index in [-0.39, 0.29) is 0 Å². The Balaban J connectivity index is 1.14. The second-order valence-electron chi connectivity index (χ2n) is 11.6. The predicted octanol–water partition coefficient (Wildman–Crippen LogP) is 4.33. The molecule has 3 nitrogen and oxygen atoms in total. The number of rotatable bonds is 7. The van der Waals surface area contributed by atoms with E-state index in [0.29, 0.717) is 5.41 Å². The highest BCUT2D eigenvalue weighted by atomic mass is 15.2. The summed E-state index contributed by atoms with van der Waals surface area (Å²) >= 11 is 0. The van der Waals surface area contributed by atoms with Crippen molar-refractivity contribution >= 4 is 0 Å². The molecule has 1 saturated carbocycles. The summed E-state index contributed by atoms with van der Waals surface area (Å²) in [6.07, 6.45) is 10.2. The van der Waals surface area contributed by atoms with E-state index in [4.69, 9.17) is 0 Å². The molecule has 1 spiro atoms. The van der Waals surface area contributed by atoms with Gasteiger partial charge in [-0.3, -0.25) is 0 Å². The van der Waals surface area contributed by atoms with Crippen LogP contribution in [-0.2, 0) is 0 Å². The average molecular weight is 376 g/mol. The van der Waals surface area contributed by atoms with Crippen LogP contribution >= 0.6 is 0 Å². The molecule has 3 heterocycles. The Morgan fingerprint density at radius 3 is 1.96 bits per heavy atom. The summed E-state index contributed by atoms with van der Waals surface area (Å²) in [6, 6.07) is 0.735. The Bertz CT molecular complexity index is 472. The van der Waals surface area contributed by atoms with Crippen molar-refractivity contribution in [1.29, 1.82) is 0 Å². The first kappa shape index (κ1) is 20.2. The van der Waals surface area contributed by atoms with Gasteiger partial charge in [0.2, 0.25) is 0 Å². The van der Waals surface area contributed by atoms with Crippen LogP contribution in [0.5, 0.6) is 0 Å². The van der Waals surface area contributed by atoms with Crippen LogP contribution in [0.4, 0.5) is 0 Å². The molecule has 0 unspecified atom stereocenters. The topological polar surface area (TPSA) is 9.72 Å². The van der Waals surface area contributed by atoms with Gasteiger partial charge in [0.15, 0.2) is 0 Å². The lowest BCUT2D eigenvalue weighted by Crippen LogP contribution is -2.61. The molecule has 0 aromatic carbocycles. The highest BCUT2D eigenvalue weighted by molar-refractivity contribution is 5.01. The highest BCUT2D eigenvalue weighted by Gasteiger charge is 2.48. The molecular formula is C24H45N3. The smallest absolute Gasteiger partial charge is 0.00516 e.